The average Bonchev–Trinajstić information content (AvgIpc) is 2.67. The van der Waals surface area contributed by atoms with E-state index in [9.17, 15) is 9.59 Å². The lowest BCUT2D eigenvalue weighted by Crippen LogP contribution is -2.50. The van der Waals surface area contributed by atoms with Crippen molar-refractivity contribution in [1.82, 2.24) is 9.80 Å². The van der Waals surface area contributed by atoms with Gasteiger partial charge in [-0.15, -0.1) is 0 Å². The summed E-state index contributed by atoms with van der Waals surface area (Å²) in [5.41, 5.74) is 0.941. The normalized spacial score (nSPS) is 14.3. The Bertz CT molecular complexity index is 833. The summed E-state index contributed by atoms with van der Waals surface area (Å²) in [6.07, 6.45) is 0. The maximum atomic E-state index is 12.7. The zero-order valence-electron chi connectivity index (χ0n) is 14.2. The standard InChI is InChI=1S/C19H18Cl2N2O3/c1-26-17-5-3-2-4-15(17)19(25)23-10-8-22(9-11-23)18(24)14-7-6-13(20)12-16(14)21/h2-7,12H,8-11H2,1H3. The summed E-state index contributed by atoms with van der Waals surface area (Å²) in [4.78, 5) is 28.8. The van der Waals surface area contributed by atoms with E-state index < -0.39 is 0 Å². The van der Waals surface area contributed by atoms with Gasteiger partial charge >= 0.3 is 0 Å². The second kappa shape index (κ2) is 7.98. The monoisotopic (exact) mass is 392 g/mol. The number of carbonyl (C=O) groups is 2. The minimum atomic E-state index is -0.156. The predicted molar refractivity (Wildman–Crippen MR) is 101 cm³/mol. The molecule has 1 aliphatic rings. The van der Waals surface area contributed by atoms with Crippen LogP contribution in [0.5, 0.6) is 5.75 Å². The Morgan fingerprint density at radius 2 is 1.46 bits per heavy atom. The number of ether oxygens (including phenoxy) is 1. The van der Waals surface area contributed by atoms with Gasteiger partial charge in [-0.25, -0.2) is 0 Å². The number of methoxy groups -OCH3 is 1. The van der Waals surface area contributed by atoms with Crippen molar-refractivity contribution < 1.29 is 14.3 Å². The van der Waals surface area contributed by atoms with Crippen LogP contribution in [0.15, 0.2) is 42.5 Å². The van der Waals surface area contributed by atoms with Crippen LogP contribution in [0.2, 0.25) is 10.0 Å². The maximum Gasteiger partial charge on any atom is 0.257 e. The molecule has 1 heterocycles. The molecule has 0 aliphatic carbocycles. The Hall–Kier alpha value is -2.24. The molecule has 0 atom stereocenters. The molecule has 7 heteroatoms. The third kappa shape index (κ3) is 3.79. The lowest BCUT2D eigenvalue weighted by molar-refractivity contribution is 0.0533. The number of hydrogen-bond acceptors (Lipinski definition) is 3. The van der Waals surface area contributed by atoms with Crippen LogP contribution in [0, 0.1) is 0 Å². The number of rotatable bonds is 3. The van der Waals surface area contributed by atoms with Crippen LogP contribution in [0.4, 0.5) is 0 Å². The summed E-state index contributed by atoms with van der Waals surface area (Å²) >= 11 is 12.0. The number of nitrogens with zero attached hydrogens (tertiary/aromatic N) is 2. The van der Waals surface area contributed by atoms with Crippen molar-refractivity contribution >= 4 is 35.0 Å². The van der Waals surface area contributed by atoms with Crippen molar-refractivity contribution in [3.63, 3.8) is 0 Å². The van der Waals surface area contributed by atoms with Gasteiger partial charge in [0.15, 0.2) is 0 Å². The second-order valence-corrected chi connectivity index (χ2v) is 6.75. The molecule has 0 saturated carbocycles. The van der Waals surface area contributed by atoms with Gasteiger partial charge < -0.3 is 14.5 Å². The Morgan fingerprint density at radius 1 is 0.885 bits per heavy atom. The van der Waals surface area contributed by atoms with Crippen molar-refractivity contribution in [3.8, 4) is 5.75 Å². The maximum absolute atomic E-state index is 12.7. The van der Waals surface area contributed by atoms with E-state index in [0.717, 1.165) is 0 Å². The van der Waals surface area contributed by atoms with Crippen LogP contribution in [0.3, 0.4) is 0 Å². The van der Waals surface area contributed by atoms with Crippen molar-refractivity contribution in [1.29, 1.82) is 0 Å². The van der Waals surface area contributed by atoms with Gasteiger partial charge in [-0.2, -0.15) is 0 Å². The largest absolute Gasteiger partial charge is 0.496 e. The molecule has 2 aromatic carbocycles. The van der Waals surface area contributed by atoms with Crippen molar-refractivity contribution in [2.45, 2.75) is 0 Å². The number of piperazine rings is 1. The van der Waals surface area contributed by atoms with Crippen molar-refractivity contribution in [2.75, 3.05) is 33.3 Å². The number of amides is 2. The summed E-state index contributed by atoms with van der Waals surface area (Å²) in [6.45, 7) is 1.79. The summed E-state index contributed by atoms with van der Waals surface area (Å²) < 4.78 is 5.26. The molecule has 0 aromatic heterocycles. The molecule has 1 aliphatic heterocycles. The van der Waals surface area contributed by atoms with E-state index in [1.165, 1.54) is 0 Å². The molecule has 136 valence electrons. The zero-order chi connectivity index (χ0) is 18.7. The molecule has 0 spiro atoms. The van der Waals surface area contributed by atoms with Gasteiger partial charge in [-0.3, -0.25) is 9.59 Å². The van der Waals surface area contributed by atoms with Gasteiger partial charge in [-0.05, 0) is 30.3 Å². The predicted octanol–water partition coefficient (Wildman–Crippen LogP) is 3.60. The van der Waals surface area contributed by atoms with E-state index in [4.69, 9.17) is 27.9 Å². The van der Waals surface area contributed by atoms with Crippen LogP contribution in [-0.4, -0.2) is 54.9 Å². The summed E-state index contributed by atoms with van der Waals surface area (Å²) in [5.74, 6) is 0.291. The van der Waals surface area contributed by atoms with Crippen LogP contribution < -0.4 is 4.74 Å². The van der Waals surface area contributed by atoms with Crippen LogP contribution in [0.1, 0.15) is 20.7 Å². The second-order valence-electron chi connectivity index (χ2n) is 5.91. The third-order valence-electron chi connectivity index (χ3n) is 4.35. The molecule has 0 unspecified atom stereocenters. The average molecular weight is 393 g/mol. The van der Waals surface area contributed by atoms with E-state index in [-0.39, 0.29) is 11.8 Å². The molecule has 1 fully saturated rings. The van der Waals surface area contributed by atoms with Gasteiger partial charge in [0.25, 0.3) is 11.8 Å². The van der Waals surface area contributed by atoms with Crippen molar-refractivity contribution in [2.24, 2.45) is 0 Å². The summed E-state index contributed by atoms with van der Waals surface area (Å²) in [5, 5.41) is 0.814. The van der Waals surface area contributed by atoms with E-state index in [1.807, 2.05) is 6.07 Å². The highest BCUT2D eigenvalue weighted by Gasteiger charge is 2.27. The number of benzene rings is 2. The first kappa shape index (κ1) is 18.5. The van der Waals surface area contributed by atoms with E-state index in [1.54, 1.807) is 53.3 Å². The van der Waals surface area contributed by atoms with Gasteiger partial charge in [0.05, 0.1) is 23.3 Å². The molecule has 0 radical (unpaired) electrons. The highest BCUT2D eigenvalue weighted by molar-refractivity contribution is 6.36. The number of hydrogen-bond donors (Lipinski definition) is 0. The minimum absolute atomic E-state index is 0.0981. The van der Waals surface area contributed by atoms with Crippen LogP contribution >= 0.6 is 23.2 Å². The first-order valence-corrected chi connectivity index (χ1v) is 8.93. The fourth-order valence-corrected chi connectivity index (χ4v) is 3.43. The topological polar surface area (TPSA) is 49.9 Å². The molecule has 5 nitrogen and oxygen atoms in total. The molecular formula is C19H18Cl2N2O3. The van der Waals surface area contributed by atoms with Gasteiger partial charge in [-0.1, -0.05) is 35.3 Å². The third-order valence-corrected chi connectivity index (χ3v) is 4.90. The van der Waals surface area contributed by atoms with Gasteiger partial charge in [0.2, 0.25) is 0 Å². The Labute approximate surface area is 162 Å². The number of para-hydroxylation sites is 1. The van der Waals surface area contributed by atoms with Crippen LogP contribution in [0.25, 0.3) is 0 Å². The van der Waals surface area contributed by atoms with E-state index in [2.05, 4.69) is 0 Å². The highest BCUT2D eigenvalue weighted by atomic mass is 35.5. The molecule has 2 amide bonds. The minimum Gasteiger partial charge on any atom is -0.496 e. The molecule has 2 aromatic rings. The molecule has 0 bridgehead atoms. The van der Waals surface area contributed by atoms with E-state index in [0.29, 0.717) is 53.1 Å². The lowest BCUT2D eigenvalue weighted by Gasteiger charge is -2.35. The molecule has 1 saturated heterocycles. The first-order valence-electron chi connectivity index (χ1n) is 8.18. The summed E-state index contributed by atoms with van der Waals surface area (Å²) in [6, 6.07) is 11.9. The first-order chi connectivity index (χ1) is 12.5. The molecule has 0 N–H and O–H groups in total. The zero-order valence-corrected chi connectivity index (χ0v) is 15.8. The quantitative estimate of drug-likeness (QED) is 0.801. The Kier molecular flexibility index (Phi) is 5.69. The van der Waals surface area contributed by atoms with Crippen LogP contribution in [-0.2, 0) is 0 Å². The summed E-state index contributed by atoms with van der Waals surface area (Å²) in [7, 11) is 1.54. The number of carbonyl (C=O) groups excluding carboxylic acids is 2. The fourth-order valence-electron chi connectivity index (χ4n) is 2.94. The SMILES string of the molecule is COc1ccccc1C(=O)N1CCN(C(=O)c2ccc(Cl)cc2Cl)CC1. The molecular weight excluding hydrogens is 375 g/mol. The lowest BCUT2D eigenvalue weighted by atomic mass is 10.1. The fraction of sp³-hybridized carbons (Fsp3) is 0.263. The van der Waals surface area contributed by atoms with Gasteiger partial charge in [0, 0.05) is 31.2 Å². The van der Waals surface area contributed by atoms with E-state index >= 15 is 0 Å². The Morgan fingerprint density at radius 3 is 2.04 bits per heavy atom. The van der Waals surface area contributed by atoms with Gasteiger partial charge in [0.1, 0.15) is 5.75 Å². The Balaban J connectivity index is 1.67. The number of halogens is 2. The molecule has 26 heavy (non-hydrogen) atoms. The molecule has 3 rings (SSSR count). The van der Waals surface area contributed by atoms with Crippen molar-refractivity contribution in [3.05, 3.63) is 63.6 Å². The smallest absolute Gasteiger partial charge is 0.257 e. The highest BCUT2D eigenvalue weighted by Crippen LogP contribution is 2.24.